The van der Waals surface area contributed by atoms with E-state index in [1.165, 1.54) is 0 Å². The molecule has 0 saturated heterocycles. The first-order valence-electron chi connectivity index (χ1n) is 5.09. The molecule has 0 bridgehead atoms. The van der Waals surface area contributed by atoms with Crippen molar-refractivity contribution in [2.45, 2.75) is 0 Å². The Hall–Kier alpha value is -2.67. The van der Waals surface area contributed by atoms with Gasteiger partial charge in [0.2, 0.25) is 0 Å². The third-order valence-electron chi connectivity index (χ3n) is 2.57. The minimum Gasteiger partial charge on any atom is -0.320 e. The highest BCUT2D eigenvalue weighted by Crippen LogP contribution is 2.21. The topological polar surface area (TPSA) is 65.4 Å². The van der Waals surface area contributed by atoms with Crippen molar-refractivity contribution in [3.63, 3.8) is 0 Å². The van der Waals surface area contributed by atoms with E-state index in [2.05, 4.69) is 27.3 Å². The molecule has 2 aromatic heterocycles. The van der Waals surface area contributed by atoms with Crippen molar-refractivity contribution in [1.29, 1.82) is 5.26 Å². The third kappa shape index (κ3) is 1.64. The molecular weight excluding hydrogens is 212 g/mol. The van der Waals surface area contributed by atoms with Crippen molar-refractivity contribution in [3.8, 4) is 17.2 Å². The number of hydrogen-bond acceptors (Lipinski definition) is 3. The van der Waals surface area contributed by atoms with Crippen molar-refractivity contribution in [3.05, 3.63) is 48.4 Å². The summed E-state index contributed by atoms with van der Waals surface area (Å²) in [4.78, 5) is 11.1. The van der Waals surface area contributed by atoms with E-state index in [0.717, 1.165) is 22.3 Å². The van der Waals surface area contributed by atoms with Gasteiger partial charge < -0.3 is 4.98 Å². The lowest BCUT2D eigenvalue weighted by atomic mass is 10.1. The standard InChI is InChI=1S/C13H7N4/c14-6-9-1-3-10(4-2-9)11-5-12-13(15-7-11)17-8-16-12/h1-5,7H,(H,15,16,17). The van der Waals surface area contributed by atoms with Gasteiger partial charge in [-0.2, -0.15) is 5.26 Å². The molecule has 0 aliphatic carbocycles. The van der Waals surface area contributed by atoms with Crippen molar-refractivity contribution in [1.82, 2.24) is 15.0 Å². The number of imidazole rings is 1. The molecule has 0 fully saturated rings. The van der Waals surface area contributed by atoms with Crippen LogP contribution < -0.4 is 0 Å². The zero-order valence-electron chi connectivity index (χ0n) is 8.81. The maximum absolute atomic E-state index is 8.73. The molecule has 0 aliphatic heterocycles. The summed E-state index contributed by atoms with van der Waals surface area (Å²) in [5, 5.41) is 8.73. The number of hydrogen-bond donors (Lipinski definition) is 1. The Morgan fingerprint density at radius 1 is 1.18 bits per heavy atom. The molecule has 17 heavy (non-hydrogen) atoms. The minimum absolute atomic E-state index is 0.649. The highest BCUT2D eigenvalue weighted by atomic mass is 14.9. The van der Waals surface area contributed by atoms with E-state index in [1.54, 1.807) is 18.3 Å². The van der Waals surface area contributed by atoms with E-state index in [9.17, 15) is 0 Å². The number of H-pyrrole nitrogens is 1. The first-order chi connectivity index (χ1) is 8.36. The van der Waals surface area contributed by atoms with E-state index in [1.807, 2.05) is 18.2 Å². The van der Waals surface area contributed by atoms with Gasteiger partial charge in [-0.25, -0.2) is 9.97 Å². The van der Waals surface area contributed by atoms with Gasteiger partial charge in [0.15, 0.2) is 12.0 Å². The fraction of sp³-hybridized carbons (Fsp3) is 0. The van der Waals surface area contributed by atoms with Gasteiger partial charge in [0, 0.05) is 11.8 Å². The van der Waals surface area contributed by atoms with Crippen LogP contribution >= 0.6 is 0 Å². The molecule has 0 atom stereocenters. The van der Waals surface area contributed by atoms with Gasteiger partial charge >= 0.3 is 0 Å². The number of nitrogens with zero attached hydrogens (tertiary/aromatic N) is 3. The zero-order valence-corrected chi connectivity index (χ0v) is 8.81. The molecule has 3 rings (SSSR count). The van der Waals surface area contributed by atoms with Crippen LogP contribution in [0.1, 0.15) is 5.56 Å². The molecular formula is C13H7N4. The minimum atomic E-state index is 0.649. The Bertz CT molecular complexity index is 704. The zero-order chi connectivity index (χ0) is 11.7. The number of aromatic nitrogens is 3. The summed E-state index contributed by atoms with van der Waals surface area (Å²) in [6.45, 7) is 0. The molecule has 0 saturated carbocycles. The second kappa shape index (κ2) is 3.72. The Labute approximate surface area is 97.6 Å². The summed E-state index contributed by atoms with van der Waals surface area (Å²) < 4.78 is 0. The Kier molecular flexibility index (Phi) is 2.09. The van der Waals surface area contributed by atoms with Crippen LogP contribution in [0.4, 0.5) is 0 Å². The molecule has 0 aliphatic rings. The number of benzene rings is 1. The van der Waals surface area contributed by atoms with Crippen LogP contribution in [-0.4, -0.2) is 15.0 Å². The summed E-state index contributed by atoms with van der Waals surface area (Å²) in [6.07, 6.45) is 4.43. The Morgan fingerprint density at radius 2 is 2.00 bits per heavy atom. The first-order valence-corrected chi connectivity index (χ1v) is 5.09. The highest BCUT2D eigenvalue weighted by molar-refractivity contribution is 5.77. The molecule has 0 spiro atoms. The molecule has 4 heteroatoms. The maximum atomic E-state index is 8.73. The number of fused-ring (bicyclic) bond motifs is 1. The van der Waals surface area contributed by atoms with E-state index in [0.29, 0.717) is 5.56 Å². The smallest absolute Gasteiger partial charge is 0.175 e. The largest absolute Gasteiger partial charge is 0.320 e. The molecule has 79 valence electrons. The lowest BCUT2D eigenvalue weighted by molar-refractivity contribution is 1.29. The van der Waals surface area contributed by atoms with Crippen molar-refractivity contribution in [2.24, 2.45) is 0 Å². The van der Waals surface area contributed by atoms with Crippen LogP contribution in [0.3, 0.4) is 0 Å². The SMILES string of the molecule is N#Cc1ccc(-c2cnc3[nH][c]nc3c2)cc1. The number of rotatable bonds is 1. The Balaban J connectivity index is 2.10. The quantitative estimate of drug-likeness (QED) is 0.682. The van der Waals surface area contributed by atoms with Crippen molar-refractivity contribution >= 4 is 11.2 Å². The van der Waals surface area contributed by atoms with Gasteiger partial charge in [0.1, 0.15) is 5.52 Å². The van der Waals surface area contributed by atoms with Gasteiger partial charge in [-0.1, -0.05) is 12.1 Å². The van der Waals surface area contributed by atoms with Gasteiger partial charge in [0.25, 0.3) is 0 Å². The molecule has 1 aromatic carbocycles. The van der Waals surface area contributed by atoms with Crippen LogP contribution in [0.15, 0.2) is 36.5 Å². The molecule has 1 radical (unpaired) electrons. The maximum Gasteiger partial charge on any atom is 0.175 e. The average Bonchev–Trinajstić information content (AvgIpc) is 2.86. The van der Waals surface area contributed by atoms with E-state index in [4.69, 9.17) is 5.26 Å². The summed E-state index contributed by atoms with van der Waals surface area (Å²) in [5.41, 5.74) is 4.15. The molecule has 4 nitrogen and oxygen atoms in total. The predicted octanol–water partition coefficient (Wildman–Crippen LogP) is 2.30. The normalized spacial score (nSPS) is 10.3. The number of nitrogens with one attached hydrogen (secondary N) is 1. The number of nitriles is 1. The Morgan fingerprint density at radius 3 is 2.76 bits per heavy atom. The van der Waals surface area contributed by atoms with Crippen LogP contribution in [0.2, 0.25) is 0 Å². The van der Waals surface area contributed by atoms with E-state index in [-0.39, 0.29) is 0 Å². The second-order valence-electron chi connectivity index (χ2n) is 3.63. The molecule has 3 aromatic rings. The van der Waals surface area contributed by atoms with E-state index >= 15 is 0 Å². The van der Waals surface area contributed by atoms with Crippen LogP contribution in [0, 0.1) is 17.7 Å². The average molecular weight is 219 g/mol. The summed E-state index contributed by atoms with van der Waals surface area (Å²) in [5.74, 6) is 0. The van der Waals surface area contributed by atoms with Gasteiger partial charge in [-0.05, 0) is 23.8 Å². The number of pyridine rings is 1. The van der Waals surface area contributed by atoms with Crippen LogP contribution in [0.5, 0.6) is 0 Å². The molecule has 2 heterocycles. The highest BCUT2D eigenvalue weighted by Gasteiger charge is 2.02. The monoisotopic (exact) mass is 219 g/mol. The van der Waals surface area contributed by atoms with Crippen molar-refractivity contribution in [2.75, 3.05) is 0 Å². The van der Waals surface area contributed by atoms with Crippen molar-refractivity contribution < 1.29 is 0 Å². The summed E-state index contributed by atoms with van der Waals surface area (Å²) >= 11 is 0. The lowest BCUT2D eigenvalue weighted by Gasteiger charge is -2.00. The second-order valence-corrected chi connectivity index (χ2v) is 3.63. The fourth-order valence-corrected chi connectivity index (χ4v) is 1.67. The molecule has 1 N–H and O–H groups in total. The summed E-state index contributed by atoms with van der Waals surface area (Å²) in [6, 6.07) is 11.4. The molecule has 0 unspecified atom stereocenters. The van der Waals surface area contributed by atoms with Crippen LogP contribution in [-0.2, 0) is 0 Å². The van der Waals surface area contributed by atoms with Crippen LogP contribution in [0.25, 0.3) is 22.3 Å². The number of aromatic amines is 1. The predicted molar refractivity (Wildman–Crippen MR) is 62.9 cm³/mol. The van der Waals surface area contributed by atoms with Gasteiger partial charge in [-0.15, -0.1) is 0 Å². The first kappa shape index (κ1) is 9.55. The fourth-order valence-electron chi connectivity index (χ4n) is 1.67. The van der Waals surface area contributed by atoms with Gasteiger partial charge in [0.05, 0.1) is 11.6 Å². The third-order valence-corrected chi connectivity index (χ3v) is 2.57. The summed E-state index contributed by atoms with van der Waals surface area (Å²) in [7, 11) is 0. The molecule has 0 amide bonds. The lowest BCUT2D eigenvalue weighted by Crippen LogP contribution is -1.82. The van der Waals surface area contributed by atoms with Gasteiger partial charge in [-0.3, -0.25) is 0 Å². The van der Waals surface area contributed by atoms with E-state index < -0.39 is 0 Å².